The second-order valence-electron chi connectivity index (χ2n) is 5.23. The minimum Gasteiger partial charge on any atom is -0.427 e. The van der Waals surface area contributed by atoms with Gasteiger partial charge in [-0.05, 0) is 37.6 Å². The summed E-state index contributed by atoms with van der Waals surface area (Å²) in [5.41, 5.74) is 0. The van der Waals surface area contributed by atoms with Crippen molar-refractivity contribution in [3.63, 3.8) is 0 Å². The van der Waals surface area contributed by atoms with Gasteiger partial charge in [0.25, 0.3) is 0 Å². The third-order valence-electron chi connectivity index (χ3n) is 3.34. The summed E-state index contributed by atoms with van der Waals surface area (Å²) < 4.78 is 10.6. The van der Waals surface area contributed by atoms with Crippen LogP contribution in [0.4, 0.5) is 0 Å². The van der Waals surface area contributed by atoms with E-state index in [-0.39, 0.29) is 6.42 Å². The van der Waals surface area contributed by atoms with Crippen molar-refractivity contribution in [3.8, 4) is 11.5 Å². The Labute approximate surface area is 141 Å². The van der Waals surface area contributed by atoms with E-state index < -0.39 is 17.9 Å². The Bertz CT molecular complexity index is 677. The van der Waals surface area contributed by atoms with Gasteiger partial charge in [-0.3, -0.25) is 9.59 Å². The number of hydrogen-bond acceptors (Lipinski definition) is 4. The molecule has 0 saturated heterocycles. The highest BCUT2D eigenvalue weighted by Crippen LogP contribution is 2.18. The smallest absolute Gasteiger partial charge is 0.315 e. The zero-order valence-corrected chi connectivity index (χ0v) is 13.6. The lowest BCUT2D eigenvalue weighted by molar-refractivity contribution is -0.145. The molecule has 4 nitrogen and oxygen atoms in total. The zero-order chi connectivity index (χ0) is 17.2. The van der Waals surface area contributed by atoms with Crippen LogP contribution in [0.1, 0.15) is 19.8 Å². The molecule has 1 atom stereocenters. The van der Waals surface area contributed by atoms with Crippen molar-refractivity contribution in [3.05, 3.63) is 72.8 Å². The maximum absolute atomic E-state index is 12.3. The van der Waals surface area contributed by atoms with Crippen LogP contribution >= 0.6 is 0 Å². The maximum atomic E-state index is 12.3. The molecule has 0 saturated carbocycles. The van der Waals surface area contributed by atoms with Crippen molar-refractivity contribution in [2.75, 3.05) is 0 Å². The molecule has 0 fully saturated rings. The largest absolute Gasteiger partial charge is 0.427 e. The molecular formula is C20H20O4. The lowest BCUT2D eigenvalue weighted by atomic mass is 10.0. The summed E-state index contributed by atoms with van der Waals surface area (Å²) in [7, 11) is 0. The molecule has 124 valence electrons. The standard InChI is InChI=1S/C20H20O4/c1-2-3-10-16(20(22)24-18-13-8-5-9-14-18)15-19(21)23-17-11-6-4-7-12-17/h2-9,11-14,16H,10,15H2,1H3. The summed E-state index contributed by atoms with van der Waals surface area (Å²) in [6.45, 7) is 1.86. The first-order valence-corrected chi connectivity index (χ1v) is 7.82. The van der Waals surface area contributed by atoms with Crippen LogP contribution in [0.2, 0.25) is 0 Å². The number of carbonyl (C=O) groups excluding carboxylic acids is 2. The molecule has 0 spiro atoms. The van der Waals surface area contributed by atoms with Crippen LogP contribution in [0.3, 0.4) is 0 Å². The average molecular weight is 324 g/mol. The summed E-state index contributed by atoms with van der Waals surface area (Å²) in [5, 5.41) is 0. The average Bonchev–Trinajstić information content (AvgIpc) is 2.60. The zero-order valence-electron chi connectivity index (χ0n) is 13.6. The topological polar surface area (TPSA) is 52.6 Å². The summed E-state index contributed by atoms with van der Waals surface area (Å²) >= 11 is 0. The number of carbonyl (C=O) groups is 2. The molecule has 1 unspecified atom stereocenters. The highest BCUT2D eigenvalue weighted by molar-refractivity contribution is 5.82. The van der Waals surface area contributed by atoms with Gasteiger partial charge >= 0.3 is 11.9 Å². The van der Waals surface area contributed by atoms with Gasteiger partial charge in [0.15, 0.2) is 0 Å². The lowest BCUT2D eigenvalue weighted by Gasteiger charge is -2.14. The monoisotopic (exact) mass is 324 g/mol. The van der Waals surface area contributed by atoms with Crippen LogP contribution in [0, 0.1) is 5.92 Å². The Morgan fingerprint density at radius 1 is 0.917 bits per heavy atom. The normalized spacial score (nSPS) is 11.9. The SMILES string of the molecule is CC=CCC(CC(=O)Oc1ccccc1)C(=O)Oc1ccccc1. The van der Waals surface area contributed by atoms with Crippen LogP contribution in [0.25, 0.3) is 0 Å². The third kappa shape index (κ3) is 5.72. The van der Waals surface area contributed by atoms with E-state index >= 15 is 0 Å². The second-order valence-corrected chi connectivity index (χ2v) is 5.23. The summed E-state index contributed by atoms with van der Waals surface area (Å²) in [6, 6.07) is 17.6. The van der Waals surface area contributed by atoms with Crippen LogP contribution in [0.5, 0.6) is 11.5 Å². The molecule has 24 heavy (non-hydrogen) atoms. The number of hydrogen-bond donors (Lipinski definition) is 0. The molecular weight excluding hydrogens is 304 g/mol. The predicted octanol–water partition coefficient (Wildman–Crippen LogP) is 4.17. The van der Waals surface area contributed by atoms with E-state index in [1.54, 1.807) is 48.5 Å². The van der Waals surface area contributed by atoms with Crippen molar-refractivity contribution in [2.24, 2.45) is 5.92 Å². The van der Waals surface area contributed by atoms with Gasteiger partial charge < -0.3 is 9.47 Å². The molecule has 2 aromatic rings. The summed E-state index contributed by atoms with van der Waals surface area (Å²) in [5.74, 6) is -0.559. The van der Waals surface area contributed by atoms with Gasteiger partial charge in [-0.15, -0.1) is 0 Å². The Kier molecular flexibility index (Phi) is 6.77. The molecule has 0 N–H and O–H groups in total. The molecule has 0 aliphatic carbocycles. The predicted molar refractivity (Wildman–Crippen MR) is 91.7 cm³/mol. The van der Waals surface area contributed by atoms with Crippen LogP contribution in [0.15, 0.2) is 72.8 Å². The quantitative estimate of drug-likeness (QED) is 0.436. The van der Waals surface area contributed by atoms with Crippen molar-refractivity contribution >= 4 is 11.9 Å². The van der Waals surface area contributed by atoms with Gasteiger partial charge in [-0.1, -0.05) is 48.6 Å². The number of ether oxygens (including phenoxy) is 2. The molecule has 0 aliphatic rings. The van der Waals surface area contributed by atoms with Crippen LogP contribution in [-0.4, -0.2) is 11.9 Å². The molecule has 0 heterocycles. The van der Waals surface area contributed by atoms with Crippen molar-refractivity contribution in [2.45, 2.75) is 19.8 Å². The Hall–Kier alpha value is -2.88. The van der Waals surface area contributed by atoms with E-state index in [9.17, 15) is 9.59 Å². The first kappa shape index (κ1) is 17.5. The number of esters is 2. The number of allylic oxidation sites excluding steroid dienone is 2. The minimum atomic E-state index is -0.586. The fourth-order valence-electron chi connectivity index (χ4n) is 2.11. The highest BCUT2D eigenvalue weighted by atomic mass is 16.5. The van der Waals surface area contributed by atoms with Gasteiger partial charge in [-0.25, -0.2) is 0 Å². The number of para-hydroxylation sites is 2. The van der Waals surface area contributed by atoms with Gasteiger partial charge in [0.2, 0.25) is 0 Å². The lowest BCUT2D eigenvalue weighted by Crippen LogP contribution is -2.25. The van der Waals surface area contributed by atoms with Crippen molar-refractivity contribution in [1.82, 2.24) is 0 Å². The van der Waals surface area contributed by atoms with E-state index in [0.717, 1.165) is 0 Å². The molecule has 0 aromatic heterocycles. The molecule has 0 amide bonds. The van der Waals surface area contributed by atoms with Crippen molar-refractivity contribution in [1.29, 1.82) is 0 Å². The van der Waals surface area contributed by atoms with Gasteiger partial charge in [0.05, 0.1) is 12.3 Å². The van der Waals surface area contributed by atoms with Gasteiger partial charge in [0, 0.05) is 0 Å². The van der Waals surface area contributed by atoms with E-state index in [1.165, 1.54) is 0 Å². The Morgan fingerprint density at radius 3 is 2.00 bits per heavy atom. The maximum Gasteiger partial charge on any atom is 0.315 e. The number of rotatable bonds is 7. The van der Waals surface area contributed by atoms with Crippen LogP contribution < -0.4 is 9.47 Å². The number of benzene rings is 2. The third-order valence-corrected chi connectivity index (χ3v) is 3.34. The molecule has 2 rings (SSSR count). The molecule has 0 aliphatic heterocycles. The Balaban J connectivity index is 1.99. The van der Waals surface area contributed by atoms with Gasteiger partial charge in [0.1, 0.15) is 11.5 Å². The summed E-state index contributed by atoms with van der Waals surface area (Å²) in [6.07, 6.45) is 4.06. The van der Waals surface area contributed by atoms with E-state index in [4.69, 9.17) is 9.47 Å². The first-order chi connectivity index (χ1) is 11.7. The molecule has 4 heteroatoms. The highest BCUT2D eigenvalue weighted by Gasteiger charge is 2.24. The van der Waals surface area contributed by atoms with Gasteiger partial charge in [-0.2, -0.15) is 0 Å². The molecule has 0 bridgehead atoms. The van der Waals surface area contributed by atoms with E-state index in [1.807, 2.05) is 31.2 Å². The van der Waals surface area contributed by atoms with E-state index in [0.29, 0.717) is 17.9 Å². The fourth-order valence-corrected chi connectivity index (χ4v) is 2.11. The first-order valence-electron chi connectivity index (χ1n) is 7.82. The minimum absolute atomic E-state index is 0.0368. The molecule has 2 aromatic carbocycles. The van der Waals surface area contributed by atoms with E-state index in [2.05, 4.69) is 0 Å². The molecule has 0 radical (unpaired) electrons. The summed E-state index contributed by atoms with van der Waals surface area (Å²) in [4.78, 5) is 24.4. The Morgan fingerprint density at radius 2 is 1.46 bits per heavy atom. The van der Waals surface area contributed by atoms with Crippen molar-refractivity contribution < 1.29 is 19.1 Å². The second kappa shape index (κ2) is 9.30. The van der Waals surface area contributed by atoms with Crippen LogP contribution in [-0.2, 0) is 9.59 Å². The fraction of sp³-hybridized carbons (Fsp3) is 0.200.